The zero-order valence-corrected chi connectivity index (χ0v) is 14.7. The van der Waals surface area contributed by atoms with Crippen LogP contribution in [0.2, 0.25) is 0 Å². The zero-order chi connectivity index (χ0) is 18.1. The molecule has 3 heterocycles. The number of nitrogens with one attached hydrogen (secondary N) is 1. The van der Waals surface area contributed by atoms with Crippen molar-refractivity contribution >= 4 is 11.6 Å². The number of ether oxygens (including phenoxy) is 1. The number of amides is 1. The Morgan fingerprint density at radius 1 is 1.19 bits per heavy atom. The summed E-state index contributed by atoms with van der Waals surface area (Å²) in [4.78, 5) is 21.0. The summed E-state index contributed by atoms with van der Waals surface area (Å²) < 4.78 is 7.69. The Morgan fingerprint density at radius 3 is 2.77 bits per heavy atom. The first-order valence-electron chi connectivity index (χ1n) is 8.67. The maximum Gasteiger partial charge on any atom is 0.233 e. The van der Waals surface area contributed by atoms with Crippen molar-refractivity contribution in [1.82, 2.24) is 14.5 Å². The van der Waals surface area contributed by atoms with Gasteiger partial charge in [0.1, 0.15) is 5.75 Å². The van der Waals surface area contributed by atoms with Crippen LogP contribution in [0.15, 0.2) is 55.0 Å². The molecule has 1 amide bonds. The fourth-order valence-electron chi connectivity index (χ4n) is 3.33. The summed E-state index contributed by atoms with van der Waals surface area (Å²) in [5, 5.41) is 2.97. The van der Waals surface area contributed by atoms with Gasteiger partial charge in [-0.3, -0.25) is 9.36 Å². The Hall–Kier alpha value is -3.15. The topological polar surface area (TPSA) is 69.0 Å². The van der Waals surface area contributed by atoms with Gasteiger partial charge in [-0.15, -0.1) is 0 Å². The number of benzene rings is 1. The minimum absolute atomic E-state index is 0.00840. The van der Waals surface area contributed by atoms with E-state index in [2.05, 4.69) is 15.3 Å². The van der Waals surface area contributed by atoms with Gasteiger partial charge in [-0.1, -0.05) is 6.07 Å². The highest BCUT2D eigenvalue weighted by atomic mass is 16.5. The number of carbonyl (C=O) groups is 1. The summed E-state index contributed by atoms with van der Waals surface area (Å²) in [6, 6.07) is 11.6. The third kappa shape index (κ3) is 3.06. The normalized spacial score (nSPS) is 16.3. The van der Waals surface area contributed by atoms with Gasteiger partial charge in [-0.25, -0.2) is 9.97 Å². The number of fused-ring (bicyclic) bond motifs is 1. The molecule has 0 saturated carbocycles. The quantitative estimate of drug-likeness (QED) is 0.783. The lowest BCUT2D eigenvalue weighted by Gasteiger charge is -2.27. The van der Waals surface area contributed by atoms with Gasteiger partial charge in [0.2, 0.25) is 11.9 Å². The van der Waals surface area contributed by atoms with Gasteiger partial charge in [0, 0.05) is 48.4 Å². The first kappa shape index (κ1) is 16.3. The number of hydrogen-bond acceptors (Lipinski definition) is 4. The van der Waals surface area contributed by atoms with Crippen molar-refractivity contribution in [3.63, 3.8) is 0 Å². The summed E-state index contributed by atoms with van der Waals surface area (Å²) in [6.45, 7) is 3.96. The Balaban J connectivity index is 1.76. The van der Waals surface area contributed by atoms with E-state index in [9.17, 15) is 4.79 Å². The van der Waals surface area contributed by atoms with Crippen molar-refractivity contribution in [3.05, 3.63) is 66.2 Å². The molecule has 0 spiro atoms. The number of carbonyl (C=O) groups excluding carboxylic acids is 1. The van der Waals surface area contributed by atoms with Crippen LogP contribution in [0.5, 0.6) is 5.75 Å². The summed E-state index contributed by atoms with van der Waals surface area (Å²) >= 11 is 0. The van der Waals surface area contributed by atoms with Crippen LogP contribution in [0, 0.1) is 0 Å². The lowest BCUT2D eigenvalue weighted by molar-refractivity contribution is -0.116. The van der Waals surface area contributed by atoms with Crippen molar-refractivity contribution in [3.8, 4) is 11.7 Å². The summed E-state index contributed by atoms with van der Waals surface area (Å²) in [7, 11) is 0. The van der Waals surface area contributed by atoms with E-state index in [-0.39, 0.29) is 17.9 Å². The highest BCUT2D eigenvalue weighted by molar-refractivity contribution is 5.95. The molecule has 0 aliphatic carbocycles. The Morgan fingerprint density at radius 2 is 2.00 bits per heavy atom. The molecule has 1 unspecified atom stereocenters. The summed E-state index contributed by atoms with van der Waals surface area (Å²) in [5.74, 6) is 1.28. The Kier molecular flexibility index (Phi) is 4.16. The molecule has 3 aromatic rings. The number of hydrogen-bond donors (Lipinski definition) is 1. The van der Waals surface area contributed by atoms with Crippen molar-refractivity contribution in [2.24, 2.45) is 0 Å². The van der Waals surface area contributed by atoms with Gasteiger partial charge in [-0.05, 0) is 43.7 Å². The number of nitrogens with zero attached hydrogens (tertiary/aromatic N) is 3. The van der Waals surface area contributed by atoms with E-state index in [4.69, 9.17) is 4.74 Å². The maximum absolute atomic E-state index is 12.3. The molecule has 0 fully saturated rings. The molecule has 1 aliphatic heterocycles. The van der Waals surface area contributed by atoms with E-state index in [0.717, 1.165) is 22.7 Å². The van der Waals surface area contributed by atoms with Crippen molar-refractivity contribution in [2.45, 2.75) is 32.3 Å². The molecule has 1 atom stereocenters. The molecule has 0 bridgehead atoms. The average Bonchev–Trinajstić information content (AvgIpc) is 3.10. The standard InChI is InChI=1S/C20H20N4O2/c1-13(2)26-14-6-7-15-16(12-19(25)23-17(15)11-14)18-5-3-10-24(18)20-21-8-4-9-22-20/h3-11,13,16H,12H2,1-2H3,(H,23,25). The minimum Gasteiger partial charge on any atom is -0.491 e. The van der Waals surface area contributed by atoms with Crippen molar-refractivity contribution < 1.29 is 9.53 Å². The molecule has 1 aliphatic rings. The molecular weight excluding hydrogens is 328 g/mol. The molecule has 132 valence electrons. The molecule has 2 aromatic heterocycles. The number of anilines is 1. The van der Waals surface area contributed by atoms with Crippen LogP contribution < -0.4 is 10.1 Å². The van der Waals surface area contributed by atoms with E-state index in [1.54, 1.807) is 18.5 Å². The second kappa shape index (κ2) is 6.63. The number of aromatic nitrogens is 3. The van der Waals surface area contributed by atoms with Crippen LogP contribution in [-0.2, 0) is 4.79 Å². The molecule has 0 saturated heterocycles. The van der Waals surface area contributed by atoms with Crippen LogP contribution in [-0.4, -0.2) is 26.5 Å². The van der Waals surface area contributed by atoms with E-state index in [1.807, 2.05) is 54.9 Å². The second-order valence-electron chi connectivity index (χ2n) is 6.57. The SMILES string of the molecule is CC(C)Oc1ccc2c(c1)NC(=O)CC2c1cccn1-c1ncccn1. The third-order valence-electron chi connectivity index (χ3n) is 4.34. The third-order valence-corrected chi connectivity index (χ3v) is 4.34. The van der Waals surface area contributed by atoms with E-state index in [0.29, 0.717) is 12.4 Å². The predicted molar refractivity (Wildman–Crippen MR) is 98.7 cm³/mol. The smallest absolute Gasteiger partial charge is 0.233 e. The van der Waals surface area contributed by atoms with Crippen LogP contribution in [0.3, 0.4) is 0 Å². The van der Waals surface area contributed by atoms with E-state index < -0.39 is 0 Å². The lowest BCUT2D eigenvalue weighted by Crippen LogP contribution is -2.25. The molecule has 6 heteroatoms. The first-order valence-corrected chi connectivity index (χ1v) is 8.67. The number of rotatable bonds is 4. The van der Waals surface area contributed by atoms with Crippen LogP contribution in [0.1, 0.15) is 37.4 Å². The fraction of sp³-hybridized carbons (Fsp3) is 0.250. The molecule has 0 radical (unpaired) electrons. The van der Waals surface area contributed by atoms with Gasteiger partial charge in [0.15, 0.2) is 0 Å². The molecule has 6 nitrogen and oxygen atoms in total. The highest BCUT2D eigenvalue weighted by Crippen LogP contribution is 2.39. The monoisotopic (exact) mass is 348 g/mol. The first-order chi connectivity index (χ1) is 12.6. The Bertz CT molecular complexity index is 934. The van der Waals surface area contributed by atoms with Crippen LogP contribution in [0.4, 0.5) is 5.69 Å². The average molecular weight is 348 g/mol. The molecule has 26 heavy (non-hydrogen) atoms. The van der Waals surface area contributed by atoms with E-state index in [1.165, 1.54) is 0 Å². The van der Waals surface area contributed by atoms with Gasteiger partial charge in [0.25, 0.3) is 0 Å². The van der Waals surface area contributed by atoms with Gasteiger partial charge < -0.3 is 10.1 Å². The van der Waals surface area contributed by atoms with Crippen LogP contribution in [0.25, 0.3) is 5.95 Å². The van der Waals surface area contributed by atoms with E-state index >= 15 is 0 Å². The maximum atomic E-state index is 12.3. The van der Waals surface area contributed by atoms with Gasteiger partial charge in [-0.2, -0.15) is 0 Å². The molecule has 1 aromatic carbocycles. The molecular formula is C20H20N4O2. The second-order valence-corrected chi connectivity index (χ2v) is 6.57. The fourth-order valence-corrected chi connectivity index (χ4v) is 3.33. The summed E-state index contributed by atoms with van der Waals surface area (Å²) in [5.41, 5.74) is 2.85. The predicted octanol–water partition coefficient (Wildman–Crippen LogP) is 3.53. The van der Waals surface area contributed by atoms with Gasteiger partial charge in [0.05, 0.1) is 6.10 Å². The summed E-state index contributed by atoms with van der Waals surface area (Å²) in [6.07, 6.45) is 5.81. The highest BCUT2D eigenvalue weighted by Gasteiger charge is 2.29. The van der Waals surface area contributed by atoms with Crippen molar-refractivity contribution in [2.75, 3.05) is 5.32 Å². The molecule has 4 rings (SSSR count). The zero-order valence-electron chi connectivity index (χ0n) is 14.7. The van der Waals surface area contributed by atoms with Crippen molar-refractivity contribution in [1.29, 1.82) is 0 Å². The lowest BCUT2D eigenvalue weighted by atomic mass is 9.87. The largest absolute Gasteiger partial charge is 0.491 e. The van der Waals surface area contributed by atoms with Crippen LogP contribution >= 0.6 is 0 Å². The minimum atomic E-state index is -0.0642. The Labute approximate surface area is 151 Å². The molecule has 1 N–H and O–H groups in total. The van der Waals surface area contributed by atoms with Gasteiger partial charge >= 0.3 is 0 Å².